The lowest BCUT2D eigenvalue weighted by Gasteiger charge is -2.34. The van der Waals surface area contributed by atoms with E-state index in [-0.39, 0.29) is 133 Å². The maximum absolute atomic E-state index is 15.9. The molecule has 1 saturated heterocycles. The molecule has 1 heterocycles. The van der Waals surface area contributed by atoms with Gasteiger partial charge in [0.1, 0.15) is 71.7 Å². The Morgan fingerprint density at radius 2 is 1.16 bits per heavy atom. The number of fused-ring (bicyclic) bond motifs is 1. The average molecular weight is 1910 g/mol. The van der Waals surface area contributed by atoms with Crippen LogP contribution in [0.15, 0.2) is 83.1 Å². The third kappa shape index (κ3) is 44.2. The summed E-state index contributed by atoms with van der Waals surface area (Å²) in [7, 11) is -4.92. The molecule has 0 spiro atoms. The number of carboxylic acid groups (broad SMARTS) is 1. The van der Waals surface area contributed by atoms with E-state index in [0.29, 0.717) is 107 Å². The number of rotatable bonds is 58. The Bertz CT molecular complexity index is 4490. The maximum atomic E-state index is 15.9. The van der Waals surface area contributed by atoms with Crippen LogP contribution in [0.5, 0.6) is 5.75 Å². The Balaban J connectivity index is 1.31. The SMILES string of the molecule is CCCN(CCN(CCN(CCCCCCC(C)CC(=O)C1CCC1)CC(=O)O)CC(=O)CN[C@@H](CS(=O)(=O)O)C(=O)NCCCC[C@@H]1NC(=O)CC[C@H](C(=O)N[C@@H](CCCCNC(C)C)C(N)=O)NC(=O)[C@@H](C)NC(=O)[C@H](Cc2ccc3ccccc3c2)NC(=O)[C@@H](CCCN=C(N)N)NC(=O)[C@@H](C)N(CCCCNC(C)C)C(=O)[C@H](Cc2ccc(O)cc2)NC1=O)CC(O)=C1CCC1. The lowest BCUT2D eigenvalue weighted by Crippen LogP contribution is -2.60. The summed E-state index contributed by atoms with van der Waals surface area (Å²) in [5.41, 5.74) is 19.3. The Hall–Kier alpha value is -10.3. The van der Waals surface area contributed by atoms with Crippen molar-refractivity contribution in [3.63, 3.8) is 0 Å². The molecule has 21 N–H and O–H groups in total. The third-order valence-corrected chi connectivity index (χ3v) is 25.5. The standard InChI is InChI=1S/C96H155N19O19S/c1-9-47-112(60-84(119)72-30-23-31-72)50-52-114(53-51-113(61-86(121)122)48-20-11-10-12-25-65(6)54-83(118)71-28-22-29-71)59-75(117)58-104-82(62-135(132,133)134)90(126)102-45-18-16-33-77-91(127)111-81(56-68-36-39-74(116)40-37-68)95(131)115(49-21-19-44-101-64(4)5)67(8)89(125)109-78(34-24-46-103-96(98)99)92(128)110-80(57-69-35-38-70-26-13-14-27-73(70)55-69)94(130)105-66(7)88(124)108-79(41-42-85(120)106-77)93(129)107-76(87(97)123)32-15-17-43-100-63(2)3/h13-14,26-27,35-40,55,63-67,71,76-82,100-101,104,116,119H,9-12,15-25,28-34,41-54,56-62H2,1-8H3,(H2,97,123)(H,102,126)(H,105,130)(H,106,120)(H,107,129)(H,108,124)(H,109,125)(H,110,128)(H,111,127)(H,121,122)(H4,98,99,103)(H,132,133,134)/t65?,66-,67-,76+,77+,78-,79-,80+,81+,82+/m1/s1. The number of amides is 10. The highest BCUT2D eigenvalue weighted by molar-refractivity contribution is 7.85. The summed E-state index contributed by atoms with van der Waals surface area (Å²) in [5.74, 6) is -10.9. The number of hydrogen-bond donors (Lipinski definition) is 18. The number of aliphatic carboxylic acids is 1. The molecule has 3 aromatic carbocycles. The highest BCUT2D eigenvalue weighted by Gasteiger charge is 2.39. The highest BCUT2D eigenvalue weighted by atomic mass is 32.2. The number of benzene rings is 3. The van der Waals surface area contributed by atoms with Crippen molar-refractivity contribution in [3.05, 3.63) is 89.2 Å². The zero-order valence-electron chi connectivity index (χ0n) is 80.6. The zero-order valence-corrected chi connectivity index (χ0v) is 81.4. The molecule has 0 aromatic heterocycles. The summed E-state index contributed by atoms with van der Waals surface area (Å²) in [6, 6.07) is 5.20. The van der Waals surface area contributed by atoms with Crippen LogP contribution in [0.25, 0.3) is 10.8 Å². The zero-order chi connectivity index (χ0) is 99.1. The van der Waals surface area contributed by atoms with Gasteiger partial charge < -0.3 is 90.6 Å². The van der Waals surface area contributed by atoms with E-state index in [2.05, 4.69) is 75.3 Å². The van der Waals surface area contributed by atoms with Crippen LogP contribution in [0, 0.1) is 11.8 Å². The molecule has 1 aliphatic heterocycles. The number of carbonyl (C=O) groups is 13. The summed E-state index contributed by atoms with van der Waals surface area (Å²) in [6.07, 6.45) is 11.2. The van der Waals surface area contributed by atoms with Crippen LogP contribution < -0.4 is 75.7 Å². The van der Waals surface area contributed by atoms with Crippen molar-refractivity contribution in [2.24, 2.45) is 34.0 Å². The van der Waals surface area contributed by atoms with Crippen molar-refractivity contribution in [2.75, 3.05) is 104 Å². The number of aliphatic hydroxyl groups is 1. The smallest absolute Gasteiger partial charge is 0.317 e. The van der Waals surface area contributed by atoms with Gasteiger partial charge in [-0.15, -0.1) is 0 Å². The fourth-order valence-corrected chi connectivity index (χ4v) is 17.2. The molecular weight excluding hydrogens is 1760 g/mol. The summed E-state index contributed by atoms with van der Waals surface area (Å²) in [6.45, 7) is 17.0. The van der Waals surface area contributed by atoms with Crippen molar-refractivity contribution < 1.29 is 90.6 Å². The number of allylic oxidation sites excluding steroid dienone is 1. The van der Waals surface area contributed by atoms with Crippen molar-refractivity contribution >= 4 is 103 Å². The third-order valence-electron chi connectivity index (χ3n) is 24.8. The quantitative estimate of drug-likeness (QED) is 0.0126. The van der Waals surface area contributed by atoms with Gasteiger partial charge in [-0.3, -0.25) is 91.9 Å². The van der Waals surface area contributed by atoms with Gasteiger partial charge in [0.2, 0.25) is 59.1 Å². The Morgan fingerprint density at radius 1 is 0.570 bits per heavy atom. The molecular formula is C96H155N19O19S. The number of primary amides is 1. The number of carbonyl (C=O) groups excluding carboxylic acids is 12. The van der Waals surface area contributed by atoms with Gasteiger partial charge >= 0.3 is 5.97 Å². The second-order valence-corrected chi connectivity index (χ2v) is 38.7. The highest BCUT2D eigenvalue weighted by Crippen LogP contribution is 2.31. The Labute approximate surface area is 796 Å². The number of nitrogens with zero attached hydrogens (tertiary/aromatic N) is 5. The largest absolute Gasteiger partial charge is 0.511 e. The molecule has 3 aliphatic rings. The van der Waals surface area contributed by atoms with E-state index < -0.39 is 160 Å². The molecule has 6 rings (SSSR count). The first-order chi connectivity index (χ1) is 64.2. The number of hydrogen-bond acceptors (Lipinski definition) is 24. The second-order valence-electron chi connectivity index (χ2n) is 37.2. The number of nitrogens with one attached hydrogen (secondary N) is 11. The van der Waals surface area contributed by atoms with Gasteiger partial charge in [0.25, 0.3) is 10.1 Å². The van der Waals surface area contributed by atoms with Crippen molar-refractivity contribution in [1.29, 1.82) is 0 Å². The molecule has 0 radical (unpaired) electrons. The number of aliphatic imine (C=N–C) groups is 1. The summed E-state index contributed by atoms with van der Waals surface area (Å²) < 4.78 is 35.6. The molecule has 3 fully saturated rings. The number of nitrogens with two attached hydrogens (primary N) is 3. The average Bonchev–Trinajstić information content (AvgIpc) is 0.998. The number of carboxylic acids is 1. The van der Waals surface area contributed by atoms with E-state index in [1.807, 2.05) is 80.8 Å². The molecule has 10 amide bonds. The number of guanidine groups is 1. The van der Waals surface area contributed by atoms with E-state index in [0.717, 1.165) is 87.0 Å². The van der Waals surface area contributed by atoms with Gasteiger partial charge in [0, 0.05) is 89.5 Å². The van der Waals surface area contributed by atoms with Crippen molar-refractivity contribution in [1.82, 2.24) is 78.1 Å². The molecule has 10 atom stereocenters. The van der Waals surface area contributed by atoms with Gasteiger partial charge in [0.15, 0.2) is 11.7 Å². The van der Waals surface area contributed by atoms with E-state index in [1.165, 1.54) is 43.0 Å². The lowest BCUT2D eigenvalue weighted by atomic mass is 9.79. The summed E-state index contributed by atoms with van der Waals surface area (Å²) in [4.78, 5) is 198. The number of aliphatic hydroxyl groups excluding tert-OH is 1. The lowest BCUT2D eigenvalue weighted by molar-refractivity contribution is -0.144. The number of phenolic OH excluding ortho intramolecular Hbond substituents is 1. The van der Waals surface area contributed by atoms with Crippen LogP contribution >= 0.6 is 0 Å². The fourth-order valence-electron chi connectivity index (χ4n) is 16.5. The van der Waals surface area contributed by atoms with Crippen molar-refractivity contribution in [2.45, 2.75) is 295 Å². The Morgan fingerprint density at radius 3 is 1.77 bits per heavy atom. The van der Waals surface area contributed by atoms with E-state index in [9.17, 15) is 71.4 Å². The fraction of sp³-hybridized carbons (Fsp3) is 0.667. The summed E-state index contributed by atoms with van der Waals surface area (Å²) >= 11 is 0. The van der Waals surface area contributed by atoms with Crippen LogP contribution in [0.3, 0.4) is 0 Å². The van der Waals surface area contributed by atoms with E-state index in [4.69, 9.17) is 17.2 Å². The minimum absolute atomic E-state index is 0.00115. The van der Waals surface area contributed by atoms with Crippen molar-refractivity contribution in [3.8, 4) is 5.75 Å². The first kappa shape index (κ1) is 113. The van der Waals surface area contributed by atoms with E-state index >= 15 is 19.2 Å². The van der Waals surface area contributed by atoms with Gasteiger partial charge in [-0.25, -0.2) is 0 Å². The maximum Gasteiger partial charge on any atom is 0.317 e. The van der Waals surface area contributed by atoms with Crippen LogP contribution in [0.1, 0.15) is 227 Å². The Kier molecular flexibility index (Phi) is 50.7. The van der Waals surface area contributed by atoms with E-state index in [1.54, 1.807) is 6.07 Å². The summed E-state index contributed by atoms with van der Waals surface area (Å²) in [5, 5.41) is 64.4. The number of unbranched alkanes of at least 4 members (excludes halogenated alkanes) is 6. The molecule has 2 aliphatic carbocycles. The molecule has 2 saturated carbocycles. The van der Waals surface area contributed by atoms with Crippen LogP contribution in [-0.4, -0.2) is 301 Å². The molecule has 135 heavy (non-hydrogen) atoms. The van der Waals surface area contributed by atoms with Crippen LogP contribution in [-0.2, 0) is 85.3 Å². The molecule has 3 aromatic rings. The monoisotopic (exact) mass is 1910 g/mol. The first-order valence-corrected chi connectivity index (χ1v) is 50.1. The molecule has 754 valence electrons. The molecule has 1 unspecified atom stereocenters. The number of ketones is 2. The normalized spacial score (nSPS) is 19.5. The van der Waals surface area contributed by atoms with Gasteiger partial charge in [-0.2, -0.15) is 8.42 Å². The topological polar surface area (TPSA) is 573 Å². The predicted molar refractivity (Wildman–Crippen MR) is 518 cm³/mol. The number of phenols is 1. The molecule has 38 nitrogen and oxygen atoms in total. The molecule has 0 bridgehead atoms. The number of aromatic hydroxyl groups is 1. The van der Waals surface area contributed by atoms with Gasteiger partial charge in [0.05, 0.1) is 31.9 Å². The molecule has 39 heteroatoms. The first-order valence-electron chi connectivity index (χ1n) is 48.5. The van der Waals surface area contributed by atoms with Crippen LogP contribution in [0.4, 0.5) is 0 Å². The minimum Gasteiger partial charge on any atom is -0.511 e. The van der Waals surface area contributed by atoms with Gasteiger partial charge in [-0.1, -0.05) is 128 Å². The second kappa shape index (κ2) is 60.3. The van der Waals surface area contributed by atoms with Crippen LogP contribution in [0.2, 0.25) is 0 Å². The minimum atomic E-state index is -4.92. The number of Topliss-reactive ketones (excluding diaryl/α,β-unsaturated/α-hetero) is 2. The van der Waals surface area contributed by atoms with Gasteiger partial charge in [-0.05, 0) is 201 Å². The predicted octanol–water partition coefficient (Wildman–Crippen LogP) is 3.68.